The van der Waals surface area contributed by atoms with E-state index in [0.29, 0.717) is 5.54 Å². The molecule has 1 aliphatic heterocycles. The zero-order valence-electron chi connectivity index (χ0n) is 14.0. The van der Waals surface area contributed by atoms with Crippen molar-refractivity contribution in [3.8, 4) is 0 Å². The maximum Gasteiger partial charge on any atom is 0.0190 e. The third-order valence-electron chi connectivity index (χ3n) is 5.34. The topological polar surface area (TPSA) is 18.5 Å². The predicted molar refractivity (Wildman–Crippen MR) is 87.2 cm³/mol. The summed E-state index contributed by atoms with van der Waals surface area (Å²) in [5.74, 6) is 0.802. The molecule has 3 nitrogen and oxygen atoms in total. The Kier molecular flexibility index (Phi) is 6.31. The summed E-state index contributed by atoms with van der Waals surface area (Å²) < 4.78 is 0. The highest BCUT2D eigenvalue weighted by Gasteiger charge is 2.30. The Balaban J connectivity index is 1.70. The van der Waals surface area contributed by atoms with Crippen molar-refractivity contribution in [3.63, 3.8) is 0 Å². The number of rotatable bonds is 6. The fraction of sp³-hybridized carbons (Fsp3) is 1.00. The summed E-state index contributed by atoms with van der Waals surface area (Å²) in [5.41, 5.74) is 0.452. The second-order valence-corrected chi connectivity index (χ2v) is 7.38. The molecule has 0 amide bonds. The van der Waals surface area contributed by atoms with Crippen molar-refractivity contribution in [1.82, 2.24) is 15.1 Å². The second kappa shape index (κ2) is 7.77. The van der Waals surface area contributed by atoms with E-state index in [9.17, 15) is 0 Å². The highest BCUT2D eigenvalue weighted by Crippen LogP contribution is 2.30. The van der Waals surface area contributed by atoms with Crippen LogP contribution in [0.4, 0.5) is 0 Å². The Morgan fingerprint density at radius 3 is 2.10 bits per heavy atom. The molecule has 0 radical (unpaired) electrons. The van der Waals surface area contributed by atoms with Crippen molar-refractivity contribution in [2.24, 2.45) is 5.92 Å². The molecule has 2 fully saturated rings. The van der Waals surface area contributed by atoms with Crippen molar-refractivity contribution in [1.29, 1.82) is 0 Å². The van der Waals surface area contributed by atoms with Gasteiger partial charge in [0.25, 0.3) is 0 Å². The van der Waals surface area contributed by atoms with Gasteiger partial charge in [0.05, 0.1) is 0 Å². The van der Waals surface area contributed by atoms with E-state index < -0.39 is 0 Å². The predicted octanol–water partition coefficient (Wildman–Crippen LogP) is 2.57. The van der Waals surface area contributed by atoms with Crippen molar-refractivity contribution in [3.05, 3.63) is 0 Å². The Labute approximate surface area is 126 Å². The zero-order chi connectivity index (χ0) is 14.4. The molecule has 0 aromatic heterocycles. The average Bonchev–Trinajstić information content (AvgIpc) is 2.47. The SMILES string of the molecule is CNC1(CCN2CCN(CC(C)C)CC2)CCCCC1. The van der Waals surface area contributed by atoms with Gasteiger partial charge in [-0.2, -0.15) is 0 Å². The fourth-order valence-electron chi connectivity index (χ4n) is 3.94. The van der Waals surface area contributed by atoms with Crippen LogP contribution in [0, 0.1) is 5.92 Å². The van der Waals surface area contributed by atoms with Crippen molar-refractivity contribution in [2.45, 2.75) is 57.9 Å². The van der Waals surface area contributed by atoms with Crippen LogP contribution in [-0.2, 0) is 0 Å². The maximum absolute atomic E-state index is 3.65. The molecule has 1 saturated carbocycles. The van der Waals surface area contributed by atoms with Crippen LogP contribution in [0.15, 0.2) is 0 Å². The third kappa shape index (κ3) is 4.71. The van der Waals surface area contributed by atoms with Gasteiger partial charge < -0.3 is 15.1 Å². The van der Waals surface area contributed by atoms with Crippen molar-refractivity contribution in [2.75, 3.05) is 46.3 Å². The van der Waals surface area contributed by atoms with E-state index in [2.05, 4.69) is 36.0 Å². The fourth-order valence-corrected chi connectivity index (χ4v) is 3.94. The molecule has 1 heterocycles. The highest BCUT2D eigenvalue weighted by molar-refractivity contribution is 4.90. The first-order chi connectivity index (χ1) is 9.63. The smallest absolute Gasteiger partial charge is 0.0190 e. The number of hydrogen-bond donors (Lipinski definition) is 1. The van der Waals surface area contributed by atoms with E-state index in [0.717, 1.165) is 5.92 Å². The summed E-state index contributed by atoms with van der Waals surface area (Å²) in [6.45, 7) is 12.3. The number of nitrogens with one attached hydrogen (secondary N) is 1. The zero-order valence-corrected chi connectivity index (χ0v) is 14.0. The van der Waals surface area contributed by atoms with Crippen LogP contribution in [0.2, 0.25) is 0 Å². The van der Waals surface area contributed by atoms with Crippen LogP contribution in [0.1, 0.15) is 52.4 Å². The molecule has 0 bridgehead atoms. The van der Waals surface area contributed by atoms with E-state index in [4.69, 9.17) is 0 Å². The first-order valence-electron chi connectivity index (χ1n) is 8.77. The lowest BCUT2D eigenvalue weighted by Crippen LogP contribution is -2.51. The van der Waals surface area contributed by atoms with Crippen LogP contribution in [-0.4, -0.2) is 61.7 Å². The Bertz CT molecular complexity index is 263. The van der Waals surface area contributed by atoms with Gasteiger partial charge in [0.1, 0.15) is 0 Å². The summed E-state index contributed by atoms with van der Waals surface area (Å²) in [6.07, 6.45) is 8.39. The van der Waals surface area contributed by atoms with Crippen LogP contribution in [0.5, 0.6) is 0 Å². The molecule has 1 N–H and O–H groups in total. The minimum absolute atomic E-state index is 0.452. The lowest BCUT2D eigenvalue weighted by Gasteiger charge is -2.41. The lowest BCUT2D eigenvalue weighted by atomic mass is 9.79. The molecule has 118 valence electrons. The van der Waals surface area contributed by atoms with Crippen LogP contribution < -0.4 is 5.32 Å². The molecule has 0 spiro atoms. The molecule has 0 aromatic carbocycles. The van der Waals surface area contributed by atoms with Crippen LogP contribution in [0.25, 0.3) is 0 Å². The molecule has 2 rings (SSSR count). The van der Waals surface area contributed by atoms with Gasteiger partial charge in [-0.3, -0.25) is 0 Å². The quantitative estimate of drug-likeness (QED) is 0.807. The molecule has 3 heteroatoms. The van der Waals surface area contributed by atoms with Gasteiger partial charge in [0, 0.05) is 38.3 Å². The number of piperazine rings is 1. The van der Waals surface area contributed by atoms with E-state index >= 15 is 0 Å². The Morgan fingerprint density at radius 1 is 0.950 bits per heavy atom. The summed E-state index contributed by atoms with van der Waals surface area (Å²) in [6, 6.07) is 0. The Morgan fingerprint density at radius 2 is 1.55 bits per heavy atom. The van der Waals surface area contributed by atoms with Gasteiger partial charge in [0.2, 0.25) is 0 Å². The molecule has 1 aliphatic carbocycles. The number of nitrogens with zero attached hydrogens (tertiary/aromatic N) is 2. The maximum atomic E-state index is 3.65. The standard InChI is InChI=1S/C17H35N3/c1-16(2)15-20-13-11-19(12-14-20)10-9-17(18-3)7-5-4-6-8-17/h16,18H,4-15H2,1-3H3. The van der Waals surface area contributed by atoms with Crippen LogP contribution >= 0.6 is 0 Å². The molecular weight excluding hydrogens is 246 g/mol. The van der Waals surface area contributed by atoms with Crippen LogP contribution in [0.3, 0.4) is 0 Å². The number of hydrogen-bond acceptors (Lipinski definition) is 3. The molecule has 0 aromatic rings. The molecule has 2 aliphatic rings. The summed E-state index contributed by atoms with van der Waals surface area (Å²) in [7, 11) is 2.17. The summed E-state index contributed by atoms with van der Waals surface area (Å²) in [5, 5.41) is 3.65. The van der Waals surface area contributed by atoms with E-state index in [-0.39, 0.29) is 0 Å². The first-order valence-corrected chi connectivity index (χ1v) is 8.77. The molecule has 20 heavy (non-hydrogen) atoms. The monoisotopic (exact) mass is 281 g/mol. The summed E-state index contributed by atoms with van der Waals surface area (Å²) in [4.78, 5) is 5.32. The van der Waals surface area contributed by atoms with Gasteiger partial charge >= 0.3 is 0 Å². The summed E-state index contributed by atoms with van der Waals surface area (Å²) >= 11 is 0. The normalized spacial score (nSPS) is 25.2. The van der Waals surface area contributed by atoms with Gasteiger partial charge in [-0.05, 0) is 38.8 Å². The first kappa shape index (κ1) is 16.3. The van der Waals surface area contributed by atoms with E-state index in [1.807, 2.05) is 0 Å². The second-order valence-electron chi connectivity index (χ2n) is 7.38. The van der Waals surface area contributed by atoms with Gasteiger partial charge in [-0.15, -0.1) is 0 Å². The molecule has 0 unspecified atom stereocenters. The Hall–Kier alpha value is -0.120. The highest BCUT2D eigenvalue weighted by atomic mass is 15.3. The largest absolute Gasteiger partial charge is 0.314 e. The average molecular weight is 281 g/mol. The minimum Gasteiger partial charge on any atom is -0.314 e. The van der Waals surface area contributed by atoms with E-state index in [1.54, 1.807) is 0 Å². The van der Waals surface area contributed by atoms with Gasteiger partial charge in [-0.1, -0.05) is 33.1 Å². The van der Waals surface area contributed by atoms with E-state index in [1.165, 1.54) is 77.8 Å². The van der Waals surface area contributed by atoms with Crippen molar-refractivity contribution < 1.29 is 0 Å². The van der Waals surface area contributed by atoms with Gasteiger partial charge in [0.15, 0.2) is 0 Å². The minimum atomic E-state index is 0.452. The molecular formula is C17H35N3. The van der Waals surface area contributed by atoms with Crippen molar-refractivity contribution >= 4 is 0 Å². The van der Waals surface area contributed by atoms with Gasteiger partial charge in [-0.25, -0.2) is 0 Å². The third-order valence-corrected chi connectivity index (χ3v) is 5.34. The lowest BCUT2D eigenvalue weighted by molar-refractivity contribution is 0.106. The molecule has 1 saturated heterocycles. The molecule has 0 atom stereocenters.